The monoisotopic (exact) mass is 237 g/mol. The SMILES string of the molecule is CC[C@H](N)C(=O)Nc1cccnc1OC(C)C. The van der Waals surface area contributed by atoms with Gasteiger partial charge in [0.2, 0.25) is 11.8 Å². The van der Waals surface area contributed by atoms with E-state index in [0.717, 1.165) is 0 Å². The number of nitrogens with two attached hydrogens (primary N) is 1. The fourth-order valence-electron chi connectivity index (χ4n) is 1.21. The summed E-state index contributed by atoms with van der Waals surface area (Å²) in [7, 11) is 0. The fraction of sp³-hybridized carbons (Fsp3) is 0.500. The van der Waals surface area contributed by atoms with Crippen LogP contribution in [-0.4, -0.2) is 23.0 Å². The van der Waals surface area contributed by atoms with Gasteiger partial charge in [0.15, 0.2) is 0 Å². The molecule has 0 aromatic carbocycles. The summed E-state index contributed by atoms with van der Waals surface area (Å²) in [5, 5.41) is 2.72. The Hall–Kier alpha value is -1.62. The predicted molar refractivity (Wildman–Crippen MR) is 66.9 cm³/mol. The molecule has 0 spiro atoms. The van der Waals surface area contributed by atoms with Crippen molar-refractivity contribution in [3.63, 3.8) is 0 Å². The maximum atomic E-state index is 11.7. The molecule has 0 fully saturated rings. The third kappa shape index (κ3) is 4.03. The van der Waals surface area contributed by atoms with Gasteiger partial charge in [-0.2, -0.15) is 0 Å². The molecule has 0 aliphatic heterocycles. The normalized spacial score (nSPS) is 12.3. The van der Waals surface area contributed by atoms with Gasteiger partial charge in [-0.05, 0) is 32.4 Å². The number of carbonyl (C=O) groups is 1. The lowest BCUT2D eigenvalue weighted by molar-refractivity contribution is -0.117. The summed E-state index contributed by atoms with van der Waals surface area (Å²) in [6.45, 7) is 5.66. The smallest absolute Gasteiger partial charge is 0.241 e. The van der Waals surface area contributed by atoms with E-state index in [0.29, 0.717) is 18.0 Å². The van der Waals surface area contributed by atoms with E-state index in [1.54, 1.807) is 18.3 Å². The van der Waals surface area contributed by atoms with Crippen LogP contribution >= 0.6 is 0 Å². The molecule has 17 heavy (non-hydrogen) atoms. The van der Waals surface area contributed by atoms with E-state index in [1.165, 1.54) is 0 Å². The number of ether oxygens (including phenoxy) is 1. The molecular formula is C12H19N3O2. The van der Waals surface area contributed by atoms with Crippen LogP contribution in [0.1, 0.15) is 27.2 Å². The summed E-state index contributed by atoms with van der Waals surface area (Å²) in [6.07, 6.45) is 2.21. The lowest BCUT2D eigenvalue weighted by Gasteiger charge is -2.15. The number of pyridine rings is 1. The van der Waals surface area contributed by atoms with Gasteiger partial charge in [-0.15, -0.1) is 0 Å². The number of hydrogen-bond donors (Lipinski definition) is 2. The molecule has 0 aliphatic rings. The average molecular weight is 237 g/mol. The lowest BCUT2D eigenvalue weighted by atomic mass is 10.2. The summed E-state index contributed by atoms with van der Waals surface area (Å²) in [5.74, 6) is 0.188. The van der Waals surface area contributed by atoms with E-state index in [1.807, 2.05) is 20.8 Å². The highest BCUT2D eigenvalue weighted by Crippen LogP contribution is 2.21. The quantitative estimate of drug-likeness (QED) is 0.814. The second kappa shape index (κ2) is 6.20. The molecule has 1 aromatic rings. The minimum Gasteiger partial charge on any atom is -0.473 e. The van der Waals surface area contributed by atoms with Gasteiger partial charge < -0.3 is 15.8 Å². The Morgan fingerprint density at radius 1 is 1.59 bits per heavy atom. The van der Waals surface area contributed by atoms with Crippen molar-refractivity contribution in [2.24, 2.45) is 5.73 Å². The summed E-state index contributed by atoms with van der Waals surface area (Å²) < 4.78 is 5.49. The van der Waals surface area contributed by atoms with Crippen LogP contribution in [-0.2, 0) is 4.79 Å². The number of hydrogen-bond acceptors (Lipinski definition) is 4. The number of nitrogens with zero attached hydrogens (tertiary/aromatic N) is 1. The molecule has 1 amide bonds. The number of anilines is 1. The molecule has 1 aromatic heterocycles. The van der Waals surface area contributed by atoms with E-state index in [2.05, 4.69) is 10.3 Å². The largest absolute Gasteiger partial charge is 0.473 e. The van der Waals surface area contributed by atoms with Crippen LogP contribution in [0.5, 0.6) is 5.88 Å². The average Bonchev–Trinajstić information content (AvgIpc) is 2.29. The van der Waals surface area contributed by atoms with E-state index < -0.39 is 6.04 Å². The van der Waals surface area contributed by atoms with Crippen LogP contribution in [0.3, 0.4) is 0 Å². The van der Waals surface area contributed by atoms with Gasteiger partial charge in [0.05, 0.1) is 12.1 Å². The molecular weight excluding hydrogens is 218 g/mol. The topological polar surface area (TPSA) is 77.2 Å². The molecule has 94 valence electrons. The number of rotatable bonds is 5. The molecule has 5 nitrogen and oxygen atoms in total. The van der Waals surface area contributed by atoms with Gasteiger partial charge in [-0.3, -0.25) is 4.79 Å². The highest BCUT2D eigenvalue weighted by molar-refractivity contribution is 5.95. The number of aromatic nitrogens is 1. The Morgan fingerprint density at radius 3 is 2.88 bits per heavy atom. The third-order valence-corrected chi connectivity index (χ3v) is 2.15. The first-order valence-electron chi connectivity index (χ1n) is 5.72. The zero-order valence-corrected chi connectivity index (χ0v) is 10.4. The highest BCUT2D eigenvalue weighted by atomic mass is 16.5. The Morgan fingerprint density at radius 2 is 2.29 bits per heavy atom. The number of carbonyl (C=O) groups excluding carboxylic acids is 1. The molecule has 3 N–H and O–H groups in total. The maximum absolute atomic E-state index is 11.7. The highest BCUT2D eigenvalue weighted by Gasteiger charge is 2.14. The van der Waals surface area contributed by atoms with Gasteiger partial charge in [-0.1, -0.05) is 6.92 Å². The first kappa shape index (κ1) is 13.4. The van der Waals surface area contributed by atoms with Gasteiger partial charge in [0, 0.05) is 6.20 Å². The number of amides is 1. The van der Waals surface area contributed by atoms with Crippen molar-refractivity contribution < 1.29 is 9.53 Å². The van der Waals surface area contributed by atoms with Crippen molar-refractivity contribution in [2.45, 2.75) is 39.3 Å². The molecule has 0 radical (unpaired) electrons. The van der Waals surface area contributed by atoms with E-state index in [9.17, 15) is 4.79 Å². The molecule has 0 unspecified atom stereocenters. The minimum absolute atomic E-state index is 0.000371. The Labute approximate surface area is 101 Å². The van der Waals surface area contributed by atoms with E-state index >= 15 is 0 Å². The van der Waals surface area contributed by atoms with Crippen molar-refractivity contribution in [1.82, 2.24) is 4.98 Å². The number of nitrogens with one attached hydrogen (secondary N) is 1. The van der Waals surface area contributed by atoms with Crippen LogP contribution in [0.4, 0.5) is 5.69 Å². The van der Waals surface area contributed by atoms with Crippen molar-refractivity contribution in [1.29, 1.82) is 0 Å². The van der Waals surface area contributed by atoms with Crippen molar-refractivity contribution in [3.05, 3.63) is 18.3 Å². The first-order chi connectivity index (χ1) is 8.04. The van der Waals surface area contributed by atoms with Crippen molar-refractivity contribution in [3.8, 4) is 5.88 Å². The Bertz CT molecular complexity index is 380. The van der Waals surface area contributed by atoms with Gasteiger partial charge in [0.25, 0.3) is 0 Å². The van der Waals surface area contributed by atoms with Crippen LogP contribution in [0, 0.1) is 0 Å². The van der Waals surface area contributed by atoms with E-state index in [4.69, 9.17) is 10.5 Å². The zero-order chi connectivity index (χ0) is 12.8. The summed E-state index contributed by atoms with van der Waals surface area (Å²) >= 11 is 0. The standard InChI is InChI=1S/C12H19N3O2/c1-4-9(13)11(16)15-10-6-5-7-14-12(10)17-8(2)3/h5-9H,4,13H2,1-3H3,(H,15,16)/t9-/m0/s1. The van der Waals surface area contributed by atoms with Crippen LogP contribution in [0.2, 0.25) is 0 Å². The fourth-order valence-corrected chi connectivity index (χ4v) is 1.21. The van der Waals surface area contributed by atoms with Gasteiger partial charge >= 0.3 is 0 Å². The van der Waals surface area contributed by atoms with Gasteiger partial charge in [-0.25, -0.2) is 4.98 Å². The van der Waals surface area contributed by atoms with E-state index in [-0.39, 0.29) is 12.0 Å². The molecule has 1 heterocycles. The molecule has 1 rings (SSSR count). The molecule has 5 heteroatoms. The van der Waals surface area contributed by atoms with Crippen molar-refractivity contribution in [2.75, 3.05) is 5.32 Å². The van der Waals surface area contributed by atoms with Gasteiger partial charge in [0.1, 0.15) is 5.69 Å². The second-order valence-corrected chi connectivity index (χ2v) is 4.03. The minimum atomic E-state index is -0.512. The Balaban J connectivity index is 2.79. The molecule has 0 saturated heterocycles. The second-order valence-electron chi connectivity index (χ2n) is 4.03. The summed E-state index contributed by atoms with van der Waals surface area (Å²) in [5.41, 5.74) is 6.19. The lowest BCUT2D eigenvalue weighted by Crippen LogP contribution is -2.35. The van der Waals surface area contributed by atoms with Crippen LogP contribution in [0.15, 0.2) is 18.3 Å². The molecule has 0 aliphatic carbocycles. The van der Waals surface area contributed by atoms with Crippen molar-refractivity contribution >= 4 is 11.6 Å². The first-order valence-corrected chi connectivity index (χ1v) is 5.72. The summed E-state index contributed by atoms with van der Waals surface area (Å²) in [4.78, 5) is 15.7. The molecule has 1 atom stereocenters. The maximum Gasteiger partial charge on any atom is 0.241 e. The molecule has 0 bridgehead atoms. The predicted octanol–water partition coefficient (Wildman–Crippen LogP) is 1.54. The zero-order valence-electron chi connectivity index (χ0n) is 10.4. The summed E-state index contributed by atoms with van der Waals surface area (Å²) in [6, 6.07) is 2.97. The van der Waals surface area contributed by atoms with Crippen LogP contribution in [0.25, 0.3) is 0 Å². The van der Waals surface area contributed by atoms with Crippen LogP contribution < -0.4 is 15.8 Å². The third-order valence-electron chi connectivity index (χ3n) is 2.15. The Kier molecular flexibility index (Phi) is 4.90. The molecule has 0 saturated carbocycles.